The standard InChI is InChI=1S/C16H21FN2O/c17-14-5-3-4-13(10-14)16(20)12-18-8-9-19-7-2-1-6-15(19)11-18/h3-5,10,15H,1-2,6-9,11-12H2. The van der Waals surface area contributed by atoms with Gasteiger partial charge in [0.15, 0.2) is 5.78 Å². The van der Waals surface area contributed by atoms with Gasteiger partial charge in [0.2, 0.25) is 0 Å². The van der Waals surface area contributed by atoms with Gasteiger partial charge in [-0.05, 0) is 31.5 Å². The van der Waals surface area contributed by atoms with Crippen LogP contribution in [0.5, 0.6) is 0 Å². The fourth-order valence-electron chi connectivity index (χ4n) is 3.32. The van der Waals surface area contributed by atoms with Crippen molar-refractivity contribution < 1.29 is 9.18 Å². The predicted octanol–water partition coefficient (Wildman–Crippen LogP) is 2.18. The normalized spacial score (nSPS) is 24.4. The molecule has 1 aromatic carbocycles. The highest BCUT2D eigenvalue weighted by Crippen LogP contribution is 2.21. The summed E-state index contributed by atoms with van der Waals surface area (Å²) < 4.78 is 13.2. The second-order valence-electron chi connectivity index (χ2n) is 5.85. The molecule has 3 nitrogen and oxygen atoms in total. The molecule has 2 fully saturated rings. The van der Waals surface area contributed by atoms with Crippen LogP contribution in [0.1, 0.15) is 29.6 Å². The van der Waals surface area contributed by atoms with Crippen molar-refractivity contribution in [3.8, 4) is 0 Å². The van der Waals surface area contributed by atoms with E-state index in [0.717, 1.165) is 19.6 Å². The van der Waals surface area contributed by atoms with E-state index in [4.69, 9.17) is 0 Å². The van der Waals surface area contributed by atoms with Crippen molar-refractivity contribution in [3.05, 3.63) is 35.6 Å². The van der Waals surface area contributed by atoms with Crippen LogP contribution in [-0.4, -0.2) is 54.3 Å². The SMILES string of the molecule is O=C(CN1CCN2CCCCC2C1)c1cccc(F)c1. The lowest BCUT2D eigenvalue weighted by Crippen LogP contribution is -2.55. The maximum absolute atomic E-state index is 13.2. The number of hydrogen-bond donors (Lipinski definition) is 0. The zero-order valence-corrected chi connectivity index (χ0v) is 11.7. The third-order valence-electron chi connectivity index (χ3n) is 4.44. The van der Waals surface area contributed by atoms with Gasteiger partial charge in [-0.1, -0.05) is 18.6 Å². The van der Waals surface area contributed by atoms with Gasteiger partial charge in [0, 0.05) is 31.2 Å². The van der Waals surface area contributed by atoms with Gasteiger partial charge in [-0.25, -0.2) is 4.39 Å². The maximum atomic E-state index is 13.2. The summed E-state index contributed by atoms with van der Waals surface area (Å²) in [6, 6.07) is 6.61. The van der Waals surface area contributed by atoms with Gasteiger partial charge in [0.25, 0.3) is 0 Å². The molecule has 2 aliphatic heterocycles. The Morgan fingerprint density at radius 1 is 1.25 bits per heavy atom. The van der Waals surface area contributed by atoms with Crippen molar-refractivity contribution in [1.82, 2.24) is 9.80 Å². The third kappa shape index (κ3) is 3.07. The average molecular weight is 276 g/mol. The highest BCUT2D eigenvalue weighted by Gasteiger charge is 2.29. The van der Waals surface area contributed by atoms with E-state index in [1.165, 1.54) is 37.9 Å². The first-order valence-electron chi connectivity index (χ1n) is 7.47. The number of fused-ring (bicyclic) bond motifs is 1. The molecule has 0 spiro atoms. The second kappa shape index (κ2) is 6.02. The molecular weight excluding hydrogens is 255 g/mol. The lowest BCUT2D eigenvalue weighted by molar-refractivity contribution is 0.0469. The summed E-state index contributed by atoms with van der Waals surface area (Å²) in [6.07, 6.45) is 3.84. The largest absolute Gasteiger partial charge is 0.298 e. The molecule has 1 atom stereocenters. The van der Waals surface area contributed by atoms with Crippen LogP contribution in [-0.2, 0) is 0 Å². The van der Waals surface area contributed by atoms with Crippen molar-refractivity contribution in [1.29, 1.82) is 0 Å². The molecule has 0 bridgehead atoms. The molecule has 0 aromatic heterocycles. The molecule has 0 amide bonds. The Morgan fingerprint density at radius 3 is 3.00 bits per heavy atom. The Balaban J connectivity index is 1.59. The molecule has 0 aliphatic carbocycles. The van der Waals surface area contributed by atoms with Gasteiger partial charge in [-0.2, -0.15) is 0 Å². The third-order valence-corrected chi connectivity index (χ3v) is 4.44. The summed E-state index contributed by atoms with van der Waals surface area (Å²) in [6.45, 7) is 4.59. The molecule has 2 heterocycles. The summed E-state index contributed by atoms with van der Waals surface area (Å²) in [5, 5.41) is 0. The van der Waals surface area contributed by atoms with Crippen LogP contribution in [0.15, 0.2) is 24.3 Å². The lowest BCUT2D eigenvalue weighted by atomic mass is 9.99. The number of carbonyl (C=O) groups excluding carboxylic acids is 1. The number of ketones is 1. The number of hydrogen-bond acceptors (Lipinski definition) is 3. The Bertz CT molecular complexity index is 491. The van der Waals surface area contributed by atoms with Crippen molar-refractivity contribution >= 4 is 5.78 Å². The van der Waals surface area contributed by atoms with Crippen LogP contribution in [0.3, 0.4) is 0 Å². The quantitative estimate of drug-likeness (QED) is 0.791. The van der Waals surface area contributed by atoms with E-state index in [2.05, 4.69) is 9.80 Å². The number of carbonyl (C=O) groups is 1. The predicted molar refractivity (Wildman–Crippen MR) is 76.4 cm³/mol. The highest BCUT2D eigenvalue weighted by atomic mass is 19.1. The Kier molecular flexibility index (Phi) is 4.13. The van der Waals surface area contributed by atoms with Crippen molar-refractivity contribution in [2.45, 2.75) is 25.3 Å². The number of piperazine rings is 1. The topological polar surface area (TPSA) is 23.6 Å². The molecule has 0 saturated carbocycles. The molecule has 3 rings (SSSR count). The van der Waals surface area contributed by atoms with Crippen LogP contribution in [0.4, 0.5) is 4.39 Å². The minimum Gasteiger partial charge on any atom is -0.298 e. The van der Waals surface area contributed by atoms with Crippen LogP contribution in [0.2, 0.25) is 0 Å². The van der Waals surface area contributed by atoms with Gasteiger partial charge < -0.3 is 0 Å². The lowest BCUT2D eigenvalue weighted by Gasteiger charge is -2.43. The summed E-state index contributed by atoms with van der Waals surface area (Å²) in [5.74, 6) is -0.318. The Morgan fingerprint density at radius 2 is 2.15 bits per heavy atom. The summed E-state index contributed by atoms with van der Waals surface area (Å²) in [4.78, 5) is 17.0. The van der Waals surface area contributed by atoms with E-state index in [0.29, 0.717) is 18.2 Å². The van der Waals surface area contributed by atoms with Gasteiger partial charge in [-0.3, -0.25) is 14.6 Å². The van der Waals surface area contributed by atoms with E-state index in [-0.39, 0.29) is 11.6 Å². The maximum Gasteiger partial charge on any atom is 0.176 e. The first-order chi connectivity index (χ1) is 9.72. The summed E-state index contributed by atoms with van der Waals surface area (Å²) in [5.41, 5.74) is 0.482. The number of nitrogens with zero attached hydrogens (tertiary/aromatic N) is 2. The molecule has 0 N–H and O–H groups in total. The van der Waals surface area contributed by atoms with Gasteiger partial charge in [0.05, 0.1) is 6.54 Å². The molecule has 108 valence electrons. The van der Waals surface area contributed by atoms with E-state index < -0.39 is 0 Å². The molecule has 4 heteroatoms. The van der Waals surface area contributed by atoms with E-state index in [9.17, 15) is 9.18 Å². The molecule has 1 aromatic rings. The number of rotatable bonds is 3. The van der Waals surface area contributed by atoms with Gasteiger partial charge >= 0.3 is 0 Å². The molecule has 2 aliphatic rings. The Labute approximate surface area is 119 Å². The molecule has 1 unspecified atom stereocenters. The first kappa shape index (κ1) is 13.7. The van der Waals surface area contributed by atoms with E-state index in [1.807, 2.05) is 0 Å². The van der Waals surface area contributed by atoms with Crippen molar-refractivity contribution in [2.75, 3.05) is 32.7 Å². The molecular formula is C16H21FN2O. The fourth-order valence-corrected chi connectivity index (χ4v) is 3.32. The van der Waals surface area contributed by atoms with Crippen LogP contribution in [0, 0.1) is 5.82 Å². The van der Waals surface area contributed by atoms with Crippen molar-refractivity contribution in [2.24, 2.45) is 0 Å². The minimum absolute atomic E-state index is 0.0220. The van der Waals surface area contributed by atoms with Gasteiger partial charge in [-0.15, -0.1) is 0 Å². The monoisotopic (exact) mass is 276 g/mol. The van der Waals surface area contributed by atoms with E-state index in [1.54, 1.807) is 12.1 Å². The Hall–Kier alpha value is -1.26. The second-order valence-corrected chi connectivity index (χ2v) is 5.85. The fraction of sp³-hybridized carbons (Fsp3) is 0.562. The van der Waals surface area contributed by atoms with Crippen LogP contribution >= 0.6 is 0 Å². The average Bonchev–Trinajstić information content (AvgIpc) is 2.47. The van der Waals surface area contributed by atoms with Crippen LogP contribution in [0.25, 0.3) is 0 Å². The number of Topliss-reactive ketones (excluding diaryl/α,β-unsaturated/α-hetero) is 1. The minimum atomic E-state index is -0.340. The zero-order valence-electron chi connectivity index (χ0n) is 11.7. The summed E-state index contributed by atoms with van der Waals surface area (Å²) in [7, 11) is 0. The number of halogens is 1. The number of benzene rings is 1. The van der Waals surface area contributed by atoms with E-state index >= 15 is 0 Å². The highest BCUT2D eigenvalue weighted by molar-refractivity contribution is 5.97. The zero-order chi connectivity index (χ0) is 13.9. The molecule has 0 radical (unpaired) electrons. The number of piperidine rings is 1. The smallest absolute Gasteiger partial charge is 0.176 e. The molecule has 2 saturated heterocycles. The molecule has 20 heavy (non-hydrogen) atoms. The van der Waals surface area contributed by atoms with Crippen LogP contribution < -0.4 is 0 Å². The first-order valence-corrected chi connectivity index (χ1v) is 7.47. The van der Waals surface area contributed by atoms with Crippen molar-refractivity contribution in [3.63, 3.8) is 0 Å². The summed E-state index contributed by atoms with van der Waals surface area (Å²) >= 11 is 0. The van der Waals surface area contributed by atoms with Gasteiger partial charge in [0.1, 0.15) is 5.82 Å².